The standard InChI is InChI=1S/C28H42N2O7S2/c1-19(16-20(31)18-29-26(34)37-27(2,3)4)25(33)30-23-17-21(35-5)11-12-22(23)28(38-14-9-15-39-28)13-8-7-10-24(32)36-6/h11-12,17,19H,7-10,13-16,18H2,1-6H3,(H,29,34)(H,30,33)/t19-/m0/s1. The first-order valence-electron chi connectivity index (χ1n) is 13.2. The van der Waals surface area contributed by atoms with Gasteiger partial charge >= 0.3 is 12.1 Å². The highest BCUT2D eigenvalue weighted by Gasteiger charge is 2.38. The fourth-order valence-corrected chi connectivity index (χ4v) is 7.57. The summed E-state index contributed by atoms with van der Waals surface area (Å²) in [5.41, 5.74) is 0.984. The Labute approximate surface area is 240 Å². The molecule has 11 heteroatoms. The van der Waals surface area contributed by atoms with E-state index in [4.69, 9.17) is 14.2 Å². The van der Waals surface area contributed by atoms with E-state index in [1.54, 1.807) is 34.8 Å². The number of ketones is 1. The van der Waals surface area contributed by atoms with E-state index >= 15 is 0 Å². The number of ether oxygens (including phenoxy) is 3. The van der Waals surface area contributed by atoms with Gasteiger partial charge in [0, 0.05) is 36.1 Å². The zero-order chi connectivity index (χ0) is 29.1. The molecular formula is C28H42N2O7S2. The first-order chi connectivity index (χ1) is 18.4. The number of alkyl carbamates (subject to hydrolysis) is 1. The fraction of sp³-hybridized carbons (Fsp3) is 0.643. The van der Waals surface area contributed by atoms with Crippen LogP contribution in [0, 0.1) is 5.92 Å². The number of rotatable bonds is 13. The number of unbranched alkanes of at least 4 members (excludes halogenated alkanes) is 1. The second kappa shape index (κ2) is 15.4. The molecule has 0 radical (unpaired) electrons. The summed E-state index contributed by atoms with van der Waals surface area (Å²) in [6, 6.07) is 5.71. The van der Waals surface area contributed by atoms with Crippen molar-refractivity contribution >= 4 is 53.0 Å². The molecule has 1 aromatic rings. The van der Waals surface area contributed by atoms with Gasteiger partial charge in [-0.3, -0.25) is 14.4 Å². The van der Waals surface area contributed by atoms with E-state index in [-0.39, 0.29) is 34.7 Å². The minimum Gasteiger partial charge on any atom is -0.497 e. The summed E-state index contributed by atoms with van der Waals surface area (Å²) < 4.78 is 15.1. The van der Waals surface area contributed by atoms with Gasteiger partial charge in [-0.2, -0.15) is 0 Å². The summed E-state index contributed by atoms with van der Waals surface area (Å²) in [5.74, 6) is 1.23. The Kier molecular flexibility index (Phi) is 13.0. The van der Waals surface area contributed by atoms with Crippen molar-refractivity contribution in [2.45, 2.75) is 75.9 Å². The van der Waals surface area contributed by atoms with Gasteiger partial charge in [-0.1, -0.05) is 19.4 Å². The van der Waals surface area contributed by atoms with Gasteiger partial charge in [-0.15, -0.1) is 23.5 Å². The van der Waals surface area contributed by atoms with Crippen molar-refractivity contribution in [1.82, 2.24) is 5.32 Å². The van der Waals surface area contributed by atoms with Gasteiger partial charge < -0.3 is 24.8 Å². The molecule has 1 aliphatic heterocycles. The summed E-state index contributed by atoms with van der Waals surface area (Å²) in [7, 11) is 2.97. The summed E-state index contributed by atoms with van der Waals surface area (Å²) >= 11 is 3.73. The van der Waals surface area contributed by atoms with Crippen LogP contribution in [0.5, 0.6) is 5.75 Å². The topological polar surface area (TPSA) is 120 Å². The Hall–Kier alpha value is -2.40. The van der Waals surface area contributed by atoms with Gasteiger partial charge in [0.15, 0.2) is 5.78 Å². The van der Waals surface area contributed by atoms with Crippen molar-refractivity contribution in [2.24, 2.45) is 5.92 Å². The maximum Gasteiger partial charge on any atom is 0.408 e. The van der Waals surface area contributed by atoms with Gasteiger partial charge in [-0.25, -0.2) is 4.79 Å². The van der Waals surface area contributed by atoms with Gasteiger partial charge in [-0.05, 0) is 57.6 Å². The van der Waals surface area contributed by atoms with E-state index in [1.165, 1.54) is 7.11 Å². The van der Waals surface area contributed by atoms with Crippen LogP contribution in [0.15, 0.2) is 18.2 Å². The molecule has 218 valence electrons. The maximum atomic E-state index is 13.2. The molecule has 0 unspecified atom stereocenters. The zero-order valence-electron chi connectivity index (χ0n) is 23.8. The van der Waals surface area contributed by atoms with Gasteiger partial charge in [0.2, 0.25) is 5.91 Å². The predicted molar refractivity (Wildman–Crippen MR) is 156 cm³/mol. The molecule has 0 spiro atoms. The highest BCUT2D eigenvalue weighted by molar-refractivity contribution is 8.18. The largest absolute Gasteiger partial charge is 0.497 e. The molecule has 9 nitrogen and oxygen atoms in total. The number of nitrogens with one attached hydrogen (secondary N) is 2. The molecule has 0 bridgehead atoms. The SMILES string of the molecule is COC(=O)CCCCC1(c2ccc(OC)cc2NC(=O)[C@@H](C)CC(=O)CNC(=O)OC(C)(C)C)SCCCS1. The molecule has 1 atom stereocenters. The molecule has 1 aliphatic rings. The molecule has 0 saturated carbocycles. The summed E-state index contributed by atoms with van der Waals surface area (Å²) in [5, 5.41) is 5.49. The second-order valence-electron chi connectivity index (χ2n) is 10.5. The Balaban J connectivity index is 2.12. The Morgan fingerprint density at radius 1 is 1.08 bits per heavy atom. The average Bonchev–Trinajstić information content (AvgIpc) is 2.89. The number of hydrogen-bond donors (Lipinski definition) is 2. The number of Topliss-reactive ketones (excluding diaryl/α,β-unsaturated/α-hetero) is 1. The average molecular weight is 583 g/mol. The summed E-state index contributed by atoms with van der Waals surface area (Å²) in [4.78, 5) is 49.1. The van der Waals surface area contributed by atoms with Crippen LogP contribution in [0.25, 0.3) is 0 Å². The minimum atomic E-state index is -0.673. The number of esters is 1. The van der Waals surface area contributed by atoms with Crippen LogP contribution >= 0.6 is 23.5 Å². The number of carbonyl (C=O) groups is 4. The van der Waals surface area contributed by atoms with Crippen LogP contribution in [0.2, 0.25) is 0 Å². The number of amides is 2. The van der Waals surface area contributed by atoms with Crippen molar-refractivity contribution in [1.29, 1.82) is 0 Å². The molecule has 1 heterocycles. The third-order valence-electron chi connectivity index (χ3n) is 6.03. The van der Waals surface area contributed by atoms with Gasteiger partial charge in [0.1, 0.15) is 11.4 Å². The Morgan fingerprint density at radius 3 is 2.38 bits per heavy atom. The highest BCUT2D eigenvalue weighted by Crippen LogP contribution is 2.55. The monoisotopic (exact) mass is 582 g/mol. The Morgan fingerprint density at radius 2 is 1.77 bits per heavy atom. The number of thioether (sulfide) groups is 2. The molecular weight excluding hydrogens is 540 g/mol. The molecule has 0 aliphatic carbocycles. The quantitative estimate of drug-likeness (QED) is 0.229. The molecule has 1 saturated heterocycles. The maximum absolute atomic E-state index is 13.2. The molecule has 0 aromatic heterocycles. The van der Waals surface area contributed by atoms with Crippen LogP contribution in [-0.2, 0) is 27.9 Å². The number of methoxy groups -OCH3 is 2. The molecule has 1 fully saturated rings. The van der Waals surface area contributed by atoms with Gasteiger partial charge in [0.05, 0.1) is 24.8 Å². The van der Waals surface area contributed by atoms with E-state index in [0.29, 0.717) is 17.9 Å². The predicted octanol–water partition coefficient (Wildman–Crippen LogP) is 5.51. The molecule has 2 N–H and O–H groups in total. The zero-order valence-corrected chi connectivity index (χ0v) is 25.5. The van der Waals surface area contributed by atoms with Crippen LogP contribution in [-0.4, -0.2) is 61.6 Å². The smallest absolute Gasteiger partial charge is 0.408 e. The van der Waals surface area contributed by atoms with Crippen LogP contribution in [0.1, 0.15) is 71.8 Å². The third-order valence-corrected chi connectivity index (χ3v) is 9.50. The first kappa shape index (κ1) is 32.8. The molecule has 1 aromatic carbocycles. The van der Waals surface area contributed by atoms with Crippen LogP contribution in [0.4, 0.5) is 10.5 Å². The Bertz CT molecular complexity index is 1000. The summed E-state index contributed by atoms with van der Waals surface area (Å²) in [6.45, 7) is 6.70. The number of hydrogen-bond acceptors (Lipinski definition) is 9. The van der Waals surface area contributed by atoms with Crippen LogP contribution < -0.4 is 15.4 Å². The van der Waals surface area contributed by atoms with Crippen molar-refractivity contribution in [2.75, 3.05) is 37.6 Å². The lowest BCUT2D eigenvalue weighted by Gasteiger charge is -2.38. The number of carbonyl (C=O) groups excluding carboxylic acids is 4. The van der Waals surface area contributed by atoms with Crippen LogP contribution in [0.3, 0.4) is 0 Å². The number of anilines is 1. The van der Waals surface area contributed by atoms with E-state index < -0.39 is 17.6 Å². The summed E-state index contributed by atoms with van der Waals surface area (Å²) in [6.07, 6.45) is 3.18. The number of benzene rings is 1. The van der Waals surface area contributed by atoms with E-state index in [2.05, 4.69) is 10.6 Å². The second-order valence-corrected chi connectivity index (χ2v) is 13.5. The van der Waals surface area contributed by atoms with E-state index in [9.17, 15) is 19.2 Å². The lowest BCUT2D eigenvalue weighted by molar-refractivity contribution is -0.140. The van der Waals surface area contributed by atoms with Crippen molar-refractivity contribution in [3.63, 3.8) is 0 Å². The van der Waals surface area contributed by atoms with E-state index in [0.717, 1.165) is 42.8 Å². The van der Waals surface area contributed by atoms with Crippen molar-refractivity contribution in [3.8, 4) is 5.75 Å². The third kappa shape index (κ3) is 10.9. The highest BCUT2D eigenvalue weighted by atomic mass is 32.2. The van der Waals surface area contributed by atoms with Crippen molar-refractivity contribution < 1.29 is 33.4 Å². The van der Waals surface area contributed by atoms with Crippen molar-refractivity contribution in [3.05, 3.63) is 23.8 Å². The van der Waals surface area contributed by atoms with E-state index in [1.807, 2.05) is 41.7 Å². The normalized spacial score (nSPS) is 15.5. The lowest BCUT2D eigenvalue weighted by atomic mass is 10.0. The fourth-order valence-electron chi connectivity index (χ4n) is 4.07. The lowest BCUT2D eigenvalue weighted by Crippen LogP contribution is -2.36. The first-order valence-corrected chi connectivity index (χ1v) is 15.2. The molecule has 2 rings (SSSR count). The molecule has 39 heavy (non-hydrogen) atoms. The minimum absolute atomic E-state index is 0.0247. The van der Waals surface area contributed by atoms with Gasteiger partial charge in [0.25, 0.3) is 0 Å². The molecule has 2 amide bonds.